The molecule has 0 atom stereocenters. The third-order valence-electron chi connectivity index (χ3n) is 4.28. The Morgan fingerprint density at radius 2 is 1.62 bits per heavy atom. The number of ether oxygens (including phenoxy) is 1. The molecule has 1 aliphatic rings. The van der Waals surface area contributed by atoms with E-state index in [-0.39, 0.29) is 18.0 Å². The lowest BCUT2D eigenvalue weighted by molar-refractivity contribution is 0.340. The highest BCUT2D eigenvalue weighted by Gasteiger charge is 2.28. The summed E-state index contributed by atoms with van der Waals surface area (Å²) in [6.45, 7) is 3.72. The van der Waals surface area contributed by atoms with Crippen molar-refractivity contribution >= 4 is 15.7 Å². The van der Waals surface area contributed by atoms with Gasteiger partial charge >= 0.3 is 0 Å². The molecule has 0 radical (unpaired) electrons. The van der Waals surface area contributed by atoms with Gasteiger partial charge in [-0.1, -0.05) is 0 Å². The van der Waals surface area contributed by atoms with E-state index in [0.717, 1.165) is 12.1 Å². The van der Waals surface area contributed by atoms with Crippen LogP contribution >= 0.6 is 0 Å². The first kappa shape index (κ1) is 18.6. The molecular formula is C18H20F2N2O3S. The second-order valence-electron chi connectivity index (χ2n) is 5.89. The molecular weight excluding hydrogens is 362 g/mol. The van der Waals surface area contributed by atoms with E-state index in [1.807, 2.05) is 11.8 Å². The van der Waals surface area contributed by atoms with Gasteiger partial charge in [0.05, 0.1) is 11.5 Å². The summed E-state index contributed by atoms with van der Waals surface area (Å²) in [4.78, 5) is 2.05. The second kappa shape index (κ2) is 7.59. The van der Waals surface area contributed by atoms with E-state index >= 15 is 0 Å². The molecule has 0 amide bonds. The van der Waals surface area contributed by atoms with Crippen LogP contribution in [0.3, 0.4) is 0 Å². The average molecular weight is 382 g/mol. The summed E-state index contributed by atoms with van der Waals surface area (Å²) in [7, 11) is -3.60. The van der Waals surface area contributed by atoms with Crippen molar-refractivity contribution in [2.75, 3.05) is 37.7 Å². The van der Waals surface area contributed by atoms with Crippen molar-refractivity contribution in [1.82, 2.24) is 4.31 Å². The highest BCUT2D eigenvalue weighted by Crippen LogP contribution is 2.24. The zero-order valence-electron chi connectivity index (χ0n) is 14.4. The van der Waals surface area contributed by atoms with E-state index in [4.69, 9.17) is 4.74 Å². The summed E-state index contributed by atoms with van der Waals surface area (Å²) in [5, 5.41) is 0. The molecule has 2 aromatic rings. The summed E-state index contributed by atoms with van der Waals surface area (Å²) in [5.74, 6) is -1.19. The first-order valence-corrected chi connectivity index (χ1v) is 9.79. The maximum atomic E-state index is 13.4. The molecule has 5 nitrogen and oxygen atoms in total. The number of halogens is 2. The van der Waals surface area contributed by atoms with Gasteiger partial charge in [-0.25, -0.2) is 17.2 Å². The zero-order valence-corrected chi connectivity index (χ0v) is 15.2. The minimum absolute atomic E-state index is 0.210. The number of sulfonamides is 1. The number of anilines is 1. The largest absolute Gasteiger partial charge is 0.494 e. The first-order valence-electron chi connectivity index (χ1n) is 8.35. The van der Waals surface area contributed by atoms with Gasteiger partial charge in [-0.2, -0.15) is 4.31 Å². The highest BCUT2D eigenvalue weighted by atomic mass is 32.2. The second-order valence-corrected chi connectivity index (χ2v) is 7.83. The van der Waals surface area contributed by atoms with Crippen LogP contribution in [0.1, 0.15) is 6.92 Å². The first-order chi connectivity index (χ1) is 12.4. The average Bonchev–Trinajstić information content (AvgIpc) is 2.65. The molecule has 140 valence electrons. The molecule has 1 saturated heterocycles. The summed E-state index contributed by atoms with van der Waals surface area (Å²) >= 11 is 0. The summed E-state index contributed by atoms with van der Waals surface area (Å²) in [5.41, 5.74) is 0.544. The molecule has 1 fully saturated rings. The molecule has 0 aromatic heterocycles. The number of benzene rings is 2. The topological polar surface area (TPSA) is 49.9 Å². The highest BCUT2D eigenvalue weighted by molar-refractivity contribution is 7.89. The van der Waals surface area contributed by atoms with E-state index < -0.39 is 21.7 Å². The minimum Gasteiger partial charge on any atom is -0.494 e. The third-order valence-corrected chi connectivity index (χ3v) is 6.19. The van der Waals surface area contributed by atoms with Gasteiger partial charge in [0, 0.05) is 37.9 Å². The van der Waals surface area contributed by atoms with Gasteiger partial charge < -0.3 is 9.64 Å². The fraction of sp³-hybridized carbons (Fsp3) is 0.333. The minimum atomic E-state index is -3.60. The molecule has 1 aliphatic heterocycles. The quantitative estimate of drug-likeness (QED) is 0.798. The van der Waals surface area contributed by atoms with Crippen molar-refractivity contribution in [3.63, 3.8) is 0 Å². The number of piperazine rings is 1. The Labute approximate surface area is 151 Å². The van der Waals surface area contributed by atoms with Gasteiger partial charge in [0.1, 0.15) is 5.75 Å². The van der Waals surface area contributed by atoms with Crippen LogP contribution in [0.25, 0.3) is 0 Å². The lowest BCUT2D eigenvalue weighted by Gasteiger charge is -2.35. The third kappa shape index (κ3) is 3.81. The van der Waals surface area contributed by atoms with Crippen molar-refractivity contribution < 1.29 is 21.9 Å². The molecule has 2 aromatic carbocycles. The van der Waals surface area contributed by atoms with E-state index in [2.05, 4.69) is 0 Å². The van der Waals surface area contributed by atoms with Gasteiger partial charge in [0.2, 0.25) is 10.0 Å². The fourth-order valence-corrected chi connectivity index (χ4v) is 4.31. The van der Waals surface area contributed by atoms with Crippen molar-refractivity contribution in [1.29, 1.82) is 0 Å². The number of hydrogen-bond acceptors (Lipinski definition) is 4. The van der Waals surface area contributed by atoms with Crippen LogP contribution in [0.2, 0.25) is 0 Å². The number of hydrogen-bond donors (Lipinski definition) is 0. The molecule has 0 unspecified atom stereocenters. The van der Waals surface area contributed by atoms with Crippen LogP contribution in [0.5, 0.6) is 5.75 Å². The van der Waals surface area contributed by atoms with Crippen LogP contribution in [0.4, 0.5) is 14.5 Å². The van der Waals surface area contributed by atoms with Crippen LogP contribution in [0.15, 0.2) is 47.4 Å². The summed E-state index contributed by atoms with van der Waals surface area (Å²) in [6, 6.07) is 10.0. The Bertz CT molecular complexity index is 865. The predicted molar refractivity (Wildman–Crippen MR) is 94.9 cm³/mol. The summed E-state index contributed by atoms with van der Waals surface area (Å²) < 4.78 is 58.7. The Balaban J connectivity index is 1.69. The van der Waals surface area contributed by atoms with Gasteiger partial charge in [-0.15, -0.1) is 0 Å². The van der Waals surface area contributed by atoms with Crippen LogP contribution in [-0.2, 0) is 10.0 Å². The maximum Gasteiger partial charge on any atom is 0.243 e. The summed E-state index contributed by atoms with van der Waals surface area (Å²) in [6.07, 6.45) is 0. The number of nitrogens with zero attached hydrogens (tertiary/aromatic N) is 2. The van der Waals surface area contributed by atoms with Gasteiger partial charge in [-0.3, -0.25) is 0 Å². The van der Waals surface area contributed by atoms with Crippen molar-refractivity contribution in [2.45, 2.75) is 11.8 Å². The SMILES string of the molecule is CCOc1ccc(S(=O)(=O)N2CCN(c3ccc(F)c(F)c3)CC2)cc1. The zero-order chi connectivity index (χ0) is 18.7. The van der Waals surface area contributed by atoms with Gasteiger partial charge in [-0.05, 0) is 43.3 Å². The Hall–Kier alpha value is -2.19. The normalized spacial score (nSPS) is 15.9. The van der Waals surface area contributed by atoms with Crippen molar-refractivity contribution in [3.8, 4) is 5.75 Å². The number of rotatable bonds is 5. The molecule has 0 spiro atoms. The van der Waals surface area contributed by atoms with Gasteiger partial charge in [0.25, 0.3) is 0 Å². The molecule has 26 heavy (non-hydrogen) atoms. The van der Waals surface area contributed by atoms with Crippen LogP contribution < -0.4 is 9.64 Å². The predicted octanol–water partition coefficient (Wildman–Crippen LogP) is 2.87. The van der Waals surface area contributed by atoms with Crippen LogP contribution in [0, 0.1) is 11.6 Å². The molecule has 0 saturated carbocycles. The molecule has 0 bridgehead atoms. The van der Waals surface area contributed by atoms with E-state index in [1.54, 1.807) is 12.1 Å². The Morgan fingerprint density at radius 1 is 0.962 bits per heavy atom. The van der Waals surface area contributed by atoms with Crippen LogP contribution in [-0.4, -0.2) is 45.5 Å². The fourth-order valence-electron chi connectivity index (χ4n) is 2.89. The van der Waals surface area contributed by atoms with E-state index in [0.29, 0.717) is 31.1 Å². The lowest BCUT2D eigenvalue weighted by Crippen LogP contribution is -2.48. The smallest absolute Gasteiger partial charge is 0.243 e. The Kier molecular flexibility index (Phi) is 5.43. The van der Waals surface area contributed by atoms with Gasteiger partial charge in [0.15, 0.2) is 11.6 Å². The van der Waals surface area contributed by atoms with Crippen molar-refractivity contribution in [2.24, 2.45) is 0 Å². The van der Waals surface area contributed by atoms with E-state index in [9.17, 15) is 17.2 Å². The molecule has 1 heterocycles. The molecule has 3 rings (SSSR count). The molecule has 0 N–H and O–H groups in total. The molecule has 8 heteroatoms. The Morgan fingerprint density at radius 3 is 2.19 bits per heavy atom. The van der Waals surface area contributed by atoms with E-state index in [1.165, 1.54) is 22.5 Å². The monoisotopic (exact) mass is 382 g/mol. The lowest BCUT2D eigenvalue weighted by atomic mass is 10.2. The molecule has 0 aliphatic carbocycles. The van der Waals surface area contributed by atoms with Crippen molar-refractivity contribution in [3.05, 3.63) is 54.1 Å². The maximum absolute atomic E-state index is 13.4. The standard InChI is InChI=1S/C18H20F2N2O3S/c1-2-25-15-4-6-16(7-5-15)26(23,24)22-11-9-21(10-12-22)14-3-8-17(19)18(20)13-14/h3-8,13H,2,9-12H2,1H3.